The van der Waals surface area contributed by atoms with Crippen LogP contribution in [0.3, 0.4) is 0 Å². The Morgan fingerprint density at radius 2 is 1.88 bits per heavy atom. The van der Waals surface area contributed by atoms with Crippen molar-refractivity contribution in [3.63, 3.8) is 0 Å². The number of anilines is 1. The van der Waals surface area contributed by atoms with E-state index in [4.69, 9.17) is 0 Å². The van der Waals surface area contributed by atoms with Gasteiger partial charge in [0.25, 0.3) is 0 Å². The maximum atomic E-state index is 4.33. The fourth-order valence-corrected chi connectivity index (χ4v) is 1.56. The topological polar surface area (TPSA) is 41.9 Å². The van der Waals surface area contributed by atoms with Crippen molar-refractivity contribution in [1.82, 2.24) is 15.0 Å². The number of hydrogen-bond acceptors (Lipinski definition) is 4. The smallest absolute Gasteiger partial charge is 0.225 e. The lowest BCUT2D eigenvalue weighted by atomic mass is 10.3. The Bertz CT molecular complexity index is 453. The normalized spacial score (nSPS) is 10.2. The van der Waals surface area contributed by atoms with Crippen molar-refractivity contribution in [1.29, 1.82) is 0 Å². The van der Waals surface area contributed by atoms with Crippen LogP contribution in [-0.2, 0) is 6.54 Å². The van der Waals surface area contributed by atoms with Crippen LogP contribution in [0.2, 0.25) is 0 Å². The van der Waals surface area contributed by atoms with Crippen molar-refractivity contribution >= 4 is 5.95 Å². The number of pyridine rings is 1. The van der Waals surface area contributed by atoms with Crippen LogP contribution < -0.4 is 4.90 Å². The molecule has 0 aromatic carbocycles. The van der Waals surface area contributed by atoms with Crippen molar-refractivity contribution in [3.05, 3.63) is 48.0 Å². The first-order valence-electron chi connectivity index (χ1n) is 5.73. The molecular weight excluding hydrogens is 212 g/mol. The summed E-state index contributed by atoms with van der Waals surface area (Å²) >= 11 is 0. The average molecular weight is 228 g/mol. The van der Waals surface area contributed by atoms with Crippen molar-refractivity contribution in [2.24, 2.45) is 0 Å². The van der Waals surface area contributed by atoms with Crippen LogP contribution in [-0.4, -0.2) is 21.5 Å². The lowest BCUT2D eigenvalue weighted by Gasteiger charge is -2.20. The Labute approximate surface area is 101 Å². The zero-order chi connectivity index (χ0) is 12.1. The van der Waals surface area contributed by atoms with Gasteiger partial charge in [0.1, 0.15) is 0 Å². The highest BCUT2D eigenvalue weighted by Crippen LogP contribution is 2.10. The van der Waals surface area contributed by atoms with Gasteiger partial charge in [-0.2, -0.15) is 0 Å². The van der Waals surface area contributed by atoms with Crippen molar-refractivity contribution < 1.29 is 0 Å². The van der Waals surface area contributed by atoms with E-state index in [1.165, 1.54) is 0 Å². The van der Waals surface area contributed by atoms with Gasteiger partial charge in [-0.3, -0.25) is 4.98 Å². The second-order valence-electron chi connectivity index (χ2n) is 3.90. The molecule has 2 heterocycles. The molecule has 0 atom stereocenters. The molecule has 2 aromatic heterocycles. The van der Waals surface area contributed by atoms with Gasteiger partial charge in [-0.25, -0.2) is 9.97 Å². The van der Waals surface area contributed by atoms with Gasteiger partial charge in [-0.05, 0) is 31.5 Å². The summed E-state index contributed by atoms with van der Waals surface area (Å²) in [4.78, 5) is 15.1. The van der Waals surface area contributed by atoms with Crippen molar-refractivity contribution in [2.45, 2.75) is 20.4 Å². The molecule has 0 fully saturated rings. The molecule has 0 saturated heterocycles. The fourth-order valence-electron chi connectivity index (χ4n) is 1.56. The van der Waals surface area contributed by atoms with E-state index >= 15 is 0 Å². The number of rotatable bonds is 4. The summed E-state index contributed by atoms with van der Waals surface area (Å²) < 4.78 is 0. The number of nitrogens with zero attached hydrogens (tertiary/aromatic N) is 4. The molecule has 17 heavy (non-hydrogen) atoms. The molecule has 0 spiro atoms. The minimum atomic E-state index is 0.737. The summed E-state index contributed by atoms with van der Waals surface area (Å²) in [7, 11) is 0. The van der Waals surface area contributed by atoms with Crippen LogP contribution in [0, 0.1) is 6.92 Å². The number of hydrogen-bond donors (Lipinski definition) is 0. The van der Waals surface area contributed by atoms with Crippen LogP contribution >= 0.6 is 0 Å². The quantitative estimate of drug-likeness (QED) is 0.804. The first-order chi connectivity index (χ1) is 8.29. The largest absolute Gasteiger partial charge is 0.335 e. The molecule has 0 saturated carbocycles. The van der Waals surface area contributed by atoms with E-state index in [0.717, 1.165) is 30.3 Å². The van der Waals surface area contributed by atoms with Gasteiger partial charge in [0.2, 0.25) is 5.95 Å². The molecule has 0 aliphatic heterocycles. The first-order valence-corrected chi connectivity index (χ1v) is 5.73. The zero-order valence-electron chi connectivity index (χ0n) is 10.2. The highest BCUT2D eigenvalue weighted by molar-refractivity contribution is 5.30. The zero-order valence-corrected chi connectivity index (χ0v) is 10.2. The molecule has 2 rings (SSSR count). The third-order valence-corrected chi connectivity index (χ3v) is 2.51. The predicted octanol–water partition coefficient (Wildman–Crippen LogP) is 2.21. The van der Waals surface area contributed by atoms with Crippen molar-refractivity contribution in [2.75, 3.05) is 11.4 Å². The second kappa shape index (κ2) is 5.39. The average Bonchev–Trinajstić information content (AvgIpc) is 2.38. The summed E-state index contributed by atoms with van der Waals surface area (Å²) in [6.45, 7) is 5.67. The van der Waals surface area contributed by atoms with Crippen LogP contribution in [0.5, 0.6) is 0 Å². The molecule has 0 unspecified atom stereocenters. The summed E-state index contributed by atoms with van der Waals surface area (Å²) in [6, 6.07) is 5.92. The van der Waals surface area contributed by atoms with E-state index in [9.17, 15) is 0 Å². The molecule has 2 aromatic rings. The third kappa shape index (κ3) is 3.00. The van der Waals surface area contributed by atoms with Gasteiger partial charge in [-0.1, -0.05) is 6.07 Å². The lowest BCUT2D eigenvalue weighted by molar-refractivity contribution is 0.773. The van der Waals surface area contributed by atoms with Gasteiger partial charge >= 0.3 is 0 Å². The Morgan fingerprint density at radius 3 is 2.47 bits per heavy atom. The molecule has 0 amide bonds. The van der Waals surface area contributed by atoms with E-state index in [0.29, 0.717) is 0 Å². The molecule has 0 bridgehead atoms. The van der Waals surface area contributed by atoms with E-state index in [2.05, 4.69) is 26.8 Å². The highest BCUT2D eigenvalue weighted by atomic mass is 15.2. The fraction of sp³-hybridized carbons (Fsp3) is 0.308. The van der Waals surface area contributed by atoms with Gasteiger partial charge < -0.3 is 4.90 Å². The molecule has 88 valence electrons. The lowest BCUT2D eigenvalue weighted by Crippen LogP contribution is -2.24. The van der Waals surface area contributed by atoms with Gasteiger partial charge in [0.05, 0.1) is 12.2 Å². The summed E-state index contributed by atoms with van der Waals surface area (Å²) in [6.07, 6.45) is 5.48. The molecule has 0 aliphatic carbocycles. The monoisotopic (exact) mass is 228 g/mol. The standard InChI is InChI=1S/C13H16N4/c1-3-17(10-12-6-4-5-7-14-12)13-15-8-11(2)9-16-13/h4-9H,3,10H2,1-2H3. The molecule has 0 aliphatic rings. The molecule has 0 radical (unpaired) electrons. The first kappa shape index (κ1) is 11.5. The van der Waals surface area contributed by atoms with Gasteiger partial charge in [0, 0.05) is 25.1 Å². The molecule has 4 heteroatoms. The van der Waals surface area contributed by atoms with E-state index < -0.39 is 0 Å². The van der Waals surface area contributed by atoms with Gasteiger partial charge in [0.15, 0.2) is 0 Å². The maximum absolute atomic E-state index is 4.33. The minimum absolute atomic E-state index is 0.737. The number of aromatic nitrogens is 3. The Hall–Kier alpha value is -1.97. The Kier molecular flexibility index (Phi) is 3.65. The summed E-state index contributed by atoms with van der Waals surface area (Å²) in [5, 5.41) is 0. The van der Waals surface area contributed by atoms with E-state index in [1.807, 2.05) is 37.5 Å². The number of aryl methyl sites for hydroxylation is 1. The summed E-state index contributed by atoms with van der Waals surface area (Å²) in [5.41, 5.74) is 2.10. The molecule has 4 nitrogen and oxygen atoms in total. The van der Waals surface area contributed by atoms with Crippen LogP contribution in [0.4, 0.5) is 5.95 Å². The minimum Gasteiger partial charge on any atom is -0.335 e. The van der Waals surface area contributed by atoms with Crippen LogP contribution in [0.25, 0.3) is 0 Å². The Morgan fingerprint density at radius 1 is 1.12 bits per heavy atom. The third-order valence-electron chi connectivity index (χ3n) is 2.51. The van der Waals surface area contributed by atoms with Crippen LogP contribution in [0.1, 0.15) is 18.2 Å². The highest BCUT2D eigenvalue weighted by Gasteiger charge is 2.08. The molecule has 0 N–H and O–H groups in total. The maximum Gasteiger partial charge on any atom is 0.225 e. The van der Waals surface area contributed by atoms with Crippen molar-refractivity contribution in [3.8, 4) is 0 Å². The van der Waals surface area contributed by atoms with Crippen LogP contribution in [0.15, 0.2) is 36.8 Å². The van der Waals surface area contributed by atoms with E-state index in [-0.39, 0.29) is 0 Å². The SMILES string of the molecule is CCN(Cc1ccccn1)c1ncc(C)cn1. The Balaban J connectivity index is 2.14. The molecular formula is C13H16N4. The van der Waals surface area contributed by atoms with E-state index in [1.54, 1.807) is 6.20 Å². The second-order valence-corrected chi connectivity index (χ2v) is 3.90. The predicted molar refractivity (Wildman–Crippen MR) is 67.7 cm³/mol. The van der Waals surface area contributed by atoms with Gasteiger partial charge in [-0.15, -0.1) is 0 Å². The summed E-state index contributed by atoms with van der Waals surface area (Å²) in [5.74, 6) is 0.753.